The van der Waals surface area contributed by atoms with Crippen LogP contribution in [0.5, 0.6) is 0 Å². The SMILES string of the molecule is Cn1cc(N2CCC[C@@H](N[C@@H](c3ccc(Br)cc3)C3CC3)C2)cn1. The summed E-state index contributed by atoms with van der Waals surface area (Å²) in [5, 5.41) is 8.30. The number of hydrogen-bond donors (Lipinski definition) is 1. The number of halogens is 1. The Morgan fingerprint density at radius 2 is 2.00 bits per heavy atom. The molecule has 1 saturated heterocycles. The molecule has 2 fully saturated rings. The first-order chi connectivity index (χ1) is 11.7. The van der Waals surface area contributed by atoms with Crippen LogP contribution in [0.3, 0.4) is 0 Å². The summed E-state index contributed by atoms with van der Waals surface area (Å²) in [6.45, 7) is 2.21. The van der Waals surface area contributed by atoms with Crippen LogP contribution in [0.1, 0.15) is 37.3 Å². The van der Waals surface area contributed by atoms with Gasteiger partial charge in [-0.05, 0) is 49.3 Å². The third kappa shape index (κ3) is 3.67. The van der Waals surface area contributed by atoms with Crippen LogP contribution in [-0.2, 0) is 7.05 Å². The van der Waals surface area contributed by atoms with Crippen molar-refractivity contribution in [3.8, 4) is 0 Å². The summed E-state index contributed by atoms with van der Waals surface area (Å²) < 4.78 is 3.04. The molecule has 1 aromatic carbocycles. The molecule has 1 aromatic heterocycles. The fourth-order valence-corrected chi connectivity index (χ4v) is 4.04. The van der Waals surface area contributed by atoms with Crippen LogP contribution in [0.4, 0.5) is 5.69 Å². The maximum absolute atomic E-state index is 4.32. The van der Waals surface area contributed by atoms with E-state index in [4.69, 9.17) is 0 Å². The smallest absolute Gasteiger partial charge is 0.0752 e. The summed E-state index contributed by atoms with van der Waals surface area (Å²) >= 11 is 3.55. The topological polar surface area (TPSA) is 33.1 Å². The Morgan fingerprint density at radius 1 is 1.21 bits per heavy atom. The molecule has 2 aliphatic rings. The number of benzene rings is 1. The zero-order valence-corrected chi connectivity index (χ0v) is 15.7. The molecule has 0 radical (unpaired) electrons. The van der Waals surface area contributed by atoms with E-state index in [-0.39, 0.29) is 0 Å². The molecule has 1 saturated carbocycles. The largest absolute Gasteiger partial charge is 0.367 e. The Morgan fingerprint density at radius 3 is 2.67 bits per heavy atom. The number of hydrogen-bond acceptors (Lipinski definition) is 3. The van der Waals surface area contributed by atoms with E-state index in [9.17, 15) is 0 Å². The summed E-state index contributed by atoms with van der Waals surface area (Å²) in [6.07, 6.45) is 9.31. The molecular weight excluding hydrogens is 364 g/mol. The highest BCUT2D eigenvalue weighted by Gasteiger charge is 2.34. The molecule has 2 aromatic rings. The summed E-state index contributed by atoms with van der Waals surface area (Å²) in [5.41, 5.74) is 2.68. The van der Waals surface area contributed by atoms with Gasteiger partial charge >= 0.3 is 0 Å². The van der Waals surface area contributed by atoms with Gasteiger partial charge in [-0.2, -0.15) is 5.10 Å². The maximum atomic E-state index is 4.32. The van der Waals surface area contributed by atoms with Crippen molar-refractivity contribution in [2.24, 2.45) is 13.0 Å². The predicted molar refractivity (Wildman–Crippen MR) is 101 cm³/mol. The molecule has 4 nitrogen and oxygen atoms in total. The minimum atomic E-state index is 0.497. The molecule has 1 aliphatic heterocycles. The van der Waals surface area contributed by atoms with Crippen LogP contribution in [0.2, 0.25) is 0 Å². The Hall–Kier alpha value is -1.33. The lowest BCUT2D eigenvalue weighted by Crippen LogP contribution is -2.47. The van der Waals surface area contributed by atoms with Gasteiger partial charge in [0.1, 0.15) is 0 Å². The first kappa shape index (κ1) is 16.2. The molecule has 5 heteroatoms. The van der Waals surface area contributed by atoms with Crippen LogP contribution in [0.15, 0.2) is 41.1 Å². The van der Waals surface area contributed by atoms with Gasteiger partial charge in [0.25, 0.3) is 0 Å². The summed E-state index contributed by atoms with van der Waals surface area (Å²) in [7, 11) is 1.99. The lowest BCUT2D eigenvalue weighted by atomic mass is 9.98. The van der Waals surface area contributed by atoms with Gasteiger partial charge in [0.05, 0.1) is 11.9 Å². The average molecular weight is 389 g/mol. The van der Waals surface area contributed by atoms with Gasteiger partial charge in [-0.15, -0.1) is 0 Å². The molecule has 0 spiro atoms. The van der Waals surface area contributed by atoms with Crippen LogP contribution in [0, 0.1) is 5.92 Å². The van der Waals surface area contributed by atoms with Crippen molar-refractivity contribution in [3.63, 3.8) is 0 Å². The van der Waals surface area contributed by atoms with Crippen molar-refractivity contribution in [3.05, 3.63) is 46.7 Å². The second kappa shape index (κ2) is 6.89. The second-order valence-electron chi connectivity index (χ2n) is 7.19. The lowest BCUT2D eigenvalue weighted by Gasteiger charge is -2.36. The number of rotatable bonds is 5. The van der Waals surface area contributed by atoms with Gasteiger partial charge in [-0.1, -0.05) is 28.1 Å². The minimum Gasteiger partial charge on any atom is -0.367 e. The number of piperidine rings is 1. The molecule has 1 N–H and O–H groups in total. The van der Waals surface area contributed by atoms with Crippen molar-refractivity contribution in [1.82, 2.24) is 15.1 Å². The van der Waals surface area contributed by atoms with Crippen molar-refractivity contribution in [2.45, 2.75) is 37.8 Å². The molecule has 4 rings (SSSR count). The summed E-state index contributed by atoms with van der Waals surface area (Å²) in [6, 6.07) is 9.90. The van der Waals surface area contributed by atoms with Gasteiger partial charge < -0.3 is 10.2 Å². The zero-order valence-electron chi connectivity index (χ0n) is 14.2. The van der Waals surface area contributed by atoms with E-state index in [1.54, 1.807) is 0 Å². The third-order valence-electron chi connectivity index (χ3n) is 5.22. The third-order valence-corrected chi connectivity index (χ3v) is 5.74. The number of aryl methyl sites for hydroxylation is 1. The first-order valence-electron chi connectivity index (χ1n) is 8.94. The highest BCUT2D eigenvalue weighted by Crippen LogP contribution is 2.41. The zero-order chi connectivity index (χ0) is 16.5. The van der Waals surface area contributed by atoms with Gasteiger partial charge in [0.15, 0.2) is 0 Å². The van der Waals surface area contributed by atoms with E-state index < -0.39 is 0 Å². The van der Waals surface area contributed by atoms with Crippen LogP contribution in [0.25, 0.3) is 0 Å². The molecule has 2 heterocycles. The number of anilines is 1. The van der Waals surface area contributed by atoms with Crippen LogP contribution < -0.4 is 10.2 Å². The molecule has 0 unspecified atom stereocenters. The Bertz CT molecular complexity index is 677. The lowest BCUT2D eigenvalue weighted by molar-refractivity contribution is 0.356. The second-order valence-corrected chi connectivity index (χ2v) is 8.11. The molecule has 24 heavy (non-hydrogen) atoms. The first-order valence-corrected chi connectivity index (χ1v) is 9.73. The number of nitrogens with one attached hydrogen (secondary N) is 1. The highest BCUT2D eigenvalue weighted by atomic mass is 79.9. The molecule has 0 amide bonds. The average Bonchev–Trinajstić information content (AvgIpc) is 3.34. The molecule has 128 valence electrons. The van der Waals surface area contributed by atoms with E-state index in [2.05, 4.69) is 61.7 Å². The standard InChI is InChI=1S/C19H25BrN4/c1-23-13-18(11-21-23)24-10-2-3-17(12-24)22-19(14-4-5-14)15-6-8-16(20)9-7-15/h6-9,11,13-14,17,19,22H,2-5,10,12H2,1H3/t17-,19-/m1/s1. The van der Waals surface area contributed by atoms with Crippen LogP contribution in [-0.4, -0.2) is 28.9 Å². The van der Waals surface area contributed by atoms with Crippen molar-refractivity contribution in [1.29, 1.82) is 0 Å². The summed E-state index contributed by atoms with van der Waals surface area (Å²) in [4.78, 5) is 2.47. The fourth-order valence-electron chi connectivity index (χ4n) is 3.78. The molecule has 2 atom stereocenters. The van der Waals surface area contributed by atoms with Gasteiger partial charge in [-0.3, -0.25) is 4.68 Å². The fraction of sp³-hybridized carbons (Fsp3) is 0.526. The quantitative estimate of drug-likeness (QED) is 0.842. The highest BCUT2D eigenvalue weighted by molar-refractivity contribution is 9.10. The van der Waals surface area contributed by atoms with E-state index in [1.165, 1.54) is 36.9 Å². The summed E-state index contributed by atoms with van der Waals surface area (Å²) in [5.74, 6) is 0.806. The number of nitrogens with zero attached hydrogens (tertiary/aromatic N) is 3. The molecular formula is C19H25BrN4. The van der Waals surface area contributed by atoms with Gasteiger partial charge in [0, 0.05) is 42.9 Å². The van der Waals surface area contributed by atoms with Crippen molar-refractivity contribution < 1.29 is 0 Å². The maximum Gasteiger partial charge on any atom is 0.0752 e. The van der Waals surface area contributed by atoms with Crippen molar-refractivity contribution in [2.75, 3.05) is 18.0 Å². The van der Waals surface area contributed by atoms with Gasteiger partial charge in [0.2, 0.25) is 0 Å². The van der Waals surface area contributed by atoms with Crippen LogP contribution >= 0.6 is 15.9 Å². The molecule has 1 aliphatic carbocycles. The molecule has 0 bridgehead atoms. The predicted octanol–water partition coefficient (Wildman–Crippen LogP) is 3.89. The normalized spacial score (nSPS) is 22.6. The Balaban J connectivity index is 1.45. The van der Waals surface area contributed by atoms with Gasteiger partial charge in [-0.25, -0.2) is 0 Å². The Kier molecular flexibility index (Phi) is 4.63. The Labute approximate surface area is 152 Å². The van der Waals surface area contributed by atoms with Crippen molar-refractivity contribution >= 4 is 21.6 Å². The minimum absolute atomic E-state index is 0.497. The number of aromatic nitrogens is 2. The van der Waals surface area contributed by atoms with E-state index in [0.29, 0.717) is 12.1 Å². The van der Waals surface area contributed by atoms with E-state index in [1.807, 2.05) is 17.9 Å². The van der Waals surface area contributed by atoms with E-state index >= 15 is 0 Å². The van der Waals surface area contributed by atoms with E-state index in [0.717, 1.165) is 23.5 Å². The monoisotopic (exact) mass is 388 g/mol.